The predicted octanol–water partition coefficient (Wildman–Crippen LogP) is 1.95. The number of thiophene rings is 1. The Hall–Kier alpha value is -1.27. The number of aromatic nitrogens is 1. The van der Waals surface area contributed by atoms with Crippen molar-refractivity contribution in [1.82, 2.24) is 10.5 Å². The number of nitrogens with one attached hydrogen (secondary N) is 1. The molecule has 0 aromatic carbocycles. The van der Waals surface area contributed by atoms with Gasteiger partial charge in [-0.25, -0.2) is 0 Å². The predicted molar refractivity (Wildman–Crippen MR) is 59.2 cm³/mol. The summed E-state index contributed by atoms with van der Waals surface area (Å²) in [6.45, 7) is 0.370. The molecule has 0 unspecified atom stereocenters. The van der Waals surface area contributed by atoms with Gasteiger partial charge in [-0.1, -0.05) is 5.16 Å². The minimum Gasteiger partial charge on any atom is -0.364 e. The van der Waals surface area contributed by atoms with Crippen LogP contribution in [0.1, 0.15) is 15.4 Å². The third kappa shape index (κ3) is 2.60. The third-order valence-corrected chi connectivity index (χ3v) is 3.09. The van der Waals surface area contributed by atoms with Gasteiger partial charge in [0.25, 0.3) is 5.91 Å². The van der Waals surface area contributed by atoms with Crippen molar-refractivity contribution in [3.63, 3.8) is 0 Å². The molecule has 0 bridgehead atoms. The molecule has 0 fully saturated rings. The zero-order valence-corrected chi connectivity index (χ0v) is 9.35. The number of thiol groups is 1. The quantitative estimate of drug-likeness (QED) is 0.806. The second kappa shape index (κ2) is 4.50. The molecule has 0 saturated carbocycles. The fourth-order valence-electron chi connectivity index (χ4n) is 1.03. The van der Waals surface area contributed by atoms with Gasteiger partial charge in [-0.15, -0.1) is 24.0 Å². The van der Waals surface area contributed by atoms with Gasteiger partial charge in [0.1, 0.15) is 12.0 Å². The van der Waals surface area contributed by atoms with E-state index in [0.717, 1.165) is 4.90 Å². The van der Waals surface area contributed by atoms with Crippen LogP contribution in [0, 0.1) is 0 Å². The van der Waals surface area contributed by atoms with Gasteiger partial charge in [-0.05, 0) is 6.07 Å². The summed E-state index contributed by atoms with van der Waals surface area (Å²) in [5.74, 6) is -0.122. The fraction of sp³-hybridized carbons (Fsp3) is 0.111. The van der Waals surface area contributed by atoms with E-state index < -0.39 is 0 Å². The van der Waals surface area contributed by atoms with Crippen LogP contribution >= 0.6 is 24.0 Å². The van der Waals surface area contributed by atoms with E-state index >= 15 is 0 Å². The van der Waals surface area contributed by atoms with Crippen LogP contribution in [-0.2, 0) is 6.54 Å². The monoisotopic (exact) mass is 240 g/mol. The van der Waals surface area contributed by atoms with Crippen LogP contribution in [0.4, 0.5) is 0 Å². The van der Waals surface area contributed by atoms with Crippen molar-refractivity contribution in [3.8, 4) is 0 Å². The van der Waals surface area contributed by atoms with E-state index in [9.17, 15) is 4.79 Å². The highest BCUT2D eigenvalue weighted by Gasteiger charge is 2.08. The Morgan fingerprint density at radius 3 is 3.13 bits per heavy atom. The topological polar surface area (TPSA) is 55.1 Å². The minimum atomic E-state index is -0.122. The first-order valence-corrected chi connectivity index (χ1v) is 5.53. The van der Waals surface area contributed by atoms with E-state index in [0.29, 0.717) is 17.1 Å². The second-order valence-corrected chi connectivity index (χ2v) is 4.27. The molecule has 0 saturated heterocycles. The summed E-state index contributed by atoms with van der Waals surface area (Å²) >= 11 is 5.49. The van der Waals surface area contributed by atoms with Gasteiger partial charge in [-0.2, -0.15) is 0 Å². The van der Waals surface area contributed by atoms with Crippen LogP contribution in [0.25, 0.3) is 0 Å². The number of amides is 1. The molecule has 15 heavy (non-hydrogen) atoms. The van der Waals surface area contributed by atoms with E-state index in [4.69, 9.17) is 0 Å². The number of rotatable bonds is 3. The molecule has 1 N–H and O–H groups in total. The first-order chi connectivity index (χ1) is 7.25. The van der Waals surface area contributed by atoms with Crippen LogP contribution in [0.5, 0.6) is 0 Å². The first kappa shape index (κ1) is 10.3. The summed E-state index contributed by atoms with van der Waals surface area (Å²) < 4.78 is 4.65. The maximum atomic E-state index is 11.6. The Kier molecular flexibility index (Phi) is 3.08. The third-order valence-electron chi connectivity index (χ3n) is 1.73. The van der Waals surface area contributed by atoms with Gasteiger partial charge in [0.05, 0.1) is 11.4 Å². The number of carbonyl (C=O) groups is 1. The van der Waals surface area contributed by atoms with E-state index in [1.54, 1.807) is 12.1 Å². The van der Waals surface area contributed by atoms with Gasteiger partial charge in [0.15, 0.2) is 0 Å². The number of hydrogen-bond acceptors (Lipinski definition) is 5. The summed E-state index contributed by atoms with van der Waals surface area (Å²) in [6.07, 6.45) is 1.47. The number of nitrogens with zero attached hydrogens (tertiary/aromatic N) is 1. The molecule has 2 heterocycles. The minimum absolute atomic E-state index is 0.122. The molecule has 2 rings (SSSR count). The molecule has 0 atom stereocenters. The zero-order chi connectivity index (χ0) is 10.7. The number of hydrogen-bond donors (Lipinski definition) is 2. The molecule has 2 aromatic rings. The average Bonchev–Trinajstić information content (AvgIpc) is 2.84. The SMILES string of the molecule is O=C(NCc1ccon1)c1cc(S)cs1. The van der Waals surface area contributed by atoms with Crippen molar-refractivity contribution in [2.24, 2.45) is 0 Å². The molecular formula is C9H8N2O2S2. The summed E-state index contributed by atoms with van der Waals surface area (Å²) in [5, 5.41) is 8.23. The lowest BCUT2D eigenvalue weighted by Crippen LogP contribution is -2.21. The molecule has 78 valence electrons. The lowest BCUT2D eigenvalue weighted by molar-refractivity contribution is 0.0954. The Morgan fingerprint density at radius 2 is 2.53 bits per heavy atom. The molecule has 2 aromatic heterocycles. The van der Waals surface area contributed by atoms with Gasteiger partial charge in [0, 0.05) is 16.3 Å². The Bertz CT molecular complexity index is 450. The Labute approximate surface area is 95.7 Å². The van der Waals surface area contributed by atoms with Crippen molar-refractivity contribution >= 4 is 29.9 Å². The van der Waals surface area contributed by atoms with E-state index in [1.807, 2.05) is 5.38 Å². The molecule has 4 nitrogen and oxygen atoms in total. The van der Waals surface area contributed by atoms with Crippen LogP contribution in [-0.4, -0.2) is 11.1 Å². The highest BCUT2D eigenvalue weighted by atomic mass is 32.1. The molecular weight excluding hydrogens is 232 g/mol. The molecule has 0 radical (unpaired) electrons. The molecule has 1 amide bonds. The second-order valence-electron chi connectivity index (χ2n) is 2.84. The van der Waals surface area contributed by atoms with Crippen LogP contribution < -0.4 is 5.32 Å². The normalized spacial score (nSPS) is 10.2. The number of carbonyl (C=O) groups excluding carboxylic acids is 1. The van der Waals surface area contributed by atoms with Crippen LogP contribution in [0.2, 0.25) is 0 Å². The Morgan fingerprint density at radius 1 is 1.67 bits per heavy atom. The lowest BCUT2D eigenvalue weighted by atomic mass is 10.4. The fourth-order valence-corrected chi connectivity index (χ4v) is 2.10. The van der Waals surface area contributed by atoms with E-state index in [1.165, 1.54) is 17.6 Å². The van der Waals surface area contributed by atoms with Gasteiger partial charge >= 0.3 is 0 Å². The molecule has 0 spiro atoms. The molecule has 0 aliphatic carbocycles. The Balaban J connectivity index is 1.93. The van der Waals surface area contributed by atoms with Gasteiger partial charge < -0.3 is 9.84 Å². The van der Waals surface area contributed by atoms with Crippen molar-refractivity contribution in [2.75, 3.05) is 0 Å². The smallest absolute Gasteiger partial charge is 0.261 e. The van der Waals surface area contributed by atoms with Crippen molar-refractivity contribution in [1.29, 1.82) is 0 Å². The summed E-state index contributed by atoms with van der Waals surface area (Å²) in [7, 11) is 0. The van der Waals surface area contributed by atoms with Crippen molar-refractivity contribution in [2.45, 2.75) is 11.4 Å². The highest BCUT2D eigenvalue weighted by Crippen LogP contribution is 2.17. The summed E-state index contributed by atoms with van der Waals surface area (Å²) in [5.41, 5.74) is 0.700. The molecule has 0 aliphatic heterocycles. The maximum absolute atomic E-state index is 11.6. The largest absolute Gasteiger partial charge is 0.364 e. The molecule has 6 heteroatoms. The van der Waals surface area contributed by atoms with E-state index in [-0.39, 0.29) is 5.91 Å². The standard InChI is InChI=1S/C9H8N2O2S2/c12-9(8-3-7(14)5-15-8)10-4-6-1-2-13-11-6/h1-3,5,14H,4H2,(H,10,12). The van der Waals surface area contributed by atoms with Crippen LogP contribution in [0.3, 0.4) is 0 Å². The van der Waals surface area contributed by atoms with Crippen molar-refractivity contribution in [3.05, 3.63) is 34.3 Å². The van der Waals surface area contributed by atoms with Crippen molar-refractivity contribution < 1.29 is 9.32 Å². The summed E-state index contributed by atoms with van der Waals surface area (Å²) in [4.78, 5) is 13.0. The first-order valence-electron chi connectivity index (χ1n) is 4.20. The lowest BCUT2D eigenvalue weighted by Gasteiger charge is -1.99. The van der Waals surface area contributed by atoms with Gasteiger partial charge in [0.2, 0.25) is 0 Å². The zero-order valence-electron chi connectivity index (χ0n) is 7.64. The maximum Gasteiger partial charge on any atom is 0.261 e. The van der Waals surface area contributed by atoms with Gasteiger partial charge in [-0.3, -0.25) is 4.79 Å². The van der Waals surface area contributed by atoms with E-state index in [2.05, 4.69) is 27.6 Å². The highest BCUT2D eigenvalue weighted by molar-refractivity contribution is 7.80. The average molecular weight is 240 g/mol. The summed E-state index contributed by atoms with van der Waals surface area (Å²) in [6, 6.07) is 3.44. The molecule has 0 aliphatic rings. The van der Waals surface area contributed by atoms with Crippen LogP contribution in [0.15, 0.2) is 33.2 Å².